The monoisotopic (exact) mass is 302 g/mol. The van der Waals surface area contributed by atoms with Crippen LogP contribution in [0.15, 0.2) is 6.07 Å². The van der Waals surface area contributed by atoms with Crippen LogP contribution in [0.5, 0.6) is 0 Å². The molecule has 1 aliphatic rings. The van der Waals surface area contributed by atoms with Crippen molar-refractivity contribution in [1.29, 1.82) is 0 Å². The van der Waals surface area contributed by atoms with E-state index in [4.69, 9.17) is 0 Å². The number of fused-ring (bicyclic) bond motifs is 1. The number of anilines is 2. The van der Waals surface area contributed by atoms with Gasteiger partial charge in [-0.05, 0) is 32.5 Å². The first-order valence-corrected chi connectivity index (χ1v) is 7.45. The van der Waals surface area contributed by atoms with Gasteiger partial charge < -0.3 is 20.6 Å². The average Bonchev–Trinajstić information content (AvgIpc) is 2.75. The molecule has 1 aliphatic heterocycles. The van der Waals surface area contributed by atoms with Gasteiger partial charge in [0.15, 0.2) is 5.65 Å². The van der Waals surface area contributed by atoms with Crippen molar-refractivity contribution in [3.63, 3.8) is 0 Å². The molecule has 0 aromatic carbocycles. The molecule has 0 amide bonds. The molecule has 0 bridgehead atoms. The summed E-state index contributed by atoms with van der Waals surface area (Å²) in [6.45, 7) is 5.40. The molecule has 118 valence electrons. The fraction of sp³-hybridized carbons (Fsp3) is 0.533. The van der Waals surface area contributed by atoms with Crippen LogP contribution in [0.1, 0.15) is 11.3 Å². The van der Waals surface area contributed by atoms with Crippen LogP contribution in [0.3, 0.4) is 0 Å². The molecule has 7 heteroatoms. The SMILES string of the molecule is CNc1nc(N[C@H]2CN(C)C[C@H]2O)nc2nc(C)cc(C)c12. The van der Waals surface area contributed by atoms with Gasteiger partial charge >= 0.3 is 0 Å². The summed E-state index contributed by atoms with van der Waals surface area (Å²) in [4.78, 5) is 15.6. The Bertz CT molecular complexity index is 704. The summed E-state index contributed by atoms with van der Waals surface area (Å²) in [5.41, 5.74) is 2.69. The maximum atomic E-state index is 10.1. The van der Waals surface area contributed by atoms with Gasteiger partial charge in [-0.25, -0.2) is 4.98 Å². The number of likely N-dealkylation sites (N-methyl/N-ethyl adjacent to an activating group) is 1. The van der Waals surface area contributed by atoms with Crippen molar-refractivity contribution < 1.29 is 5.11 Å². The maximum Gasteiger partial charge on any atom is 0.227 e. The van der Waals surface area contributed by atoms with Crippen molar-refractivity contribution in [2.24, 2.45) is 0 Å². The topological polar surface area (TPSA) is 86.2 Å². The Kier molecular flexibility index (Phi) is 3.84. The highest BCUT2D eigenvalue weighted by atomic mass is 16.3. The summed E-state index contributed by atoms with van der Waals surface area (Å²) >= 11 is 0. The maximum absolute atomic E-state index is 10.1. The molecule has 7 nitrogen and oxygen atoms in total. The van der Waals surface area contributed by atoms with Gasteiger partial charge in [-0.1, -0.05) is 0 Å². The van der Waals surface area contributed by atoms with Crippen LogP contribution in [-0.4, -0.2) is 64.3 Å². The van der Waals surface area contributed by atoms with Crippen LogP contribution in [0.4, 0.5) is 11.8 Å². The predicted octanol–water partition coefficient (Wildman–Crippen LogP) is 0.770. The van der Waals surface area contributed by atoms with E-state index in [1.807, 2.05) is 34.0 Å². The molecule has 3 heterocycles. The van der Waals surface area contributed by atoms with E-state index in [0.29, 0.717) is 18.1 Å². The number of nitrogens with zero attached hydrogens (tertiary/aromatic N) is 4. The molecule has 0 saturated carbocycles. The van der Waals surface area contributed by atoms with Gasteiger partial charge in [-0.15, -0.1) is 0 Å². The Morgan fingerprint density at radius 1 is 1.23 bits per heavy atom. The van der Waals surface area contributed by atoms with Gasteiger partial charge in [0.2, 0.25) is 5.95 Å². The van der Waals surface area contributed by atoms with E-state index >= 15 is 0 Å². The molecule has 2 aromatic rings. The summed E-state index contributed by atoms with van der Waals surface area (Å²) in [5, 5.41) is 17.3. The minimum Gasteiger partial charge on any atom is -0.390 e. The summed E-state index contributed by atoms with van der Waals surface area (Å²) in [7, 11) is 3.82. The van der Waals surface area contributed by atoms with Crippen LogP contribution in [-0.2, 0) is 0 Å². The van der Waals surface area contributed by atoms with Crippen LogP contribution in [0.2, 0.25) is 0 Å². The van der Waals surface area contributed by atoms with E-state index < -0.39 is 6.10 Å². The molecule has 0 radical (unpaired) electrons. The second kappa shape index (κ2) is 5.66. The summed E-state index contributed by atoms with van der Waals surface area (Å²) in [6.07, 6.45) is -0.422. The Hall–Kier alpha value is -1.99. The van der Waals surface area contributed by atoms with Gasteiger partial charge in [0, 0.05) is 25.8 Å². The number of pyridine rings is 1. The first-order chi connectivity index (χ1) is 10.5. The molecule has 0 aliphatic carbocycles. The second-order valence-corrected chi connectivity index (χ2v) is 5.96. The van der Waals surface area contributed by atoms with E-state index in [0.717, 1.165) is 29.0 Å². The predicted molar refractivity (Wildman–Crippen MR) is 87.3 cm³/mol. The van der Waals surface area contributed by atoms with Crippen LogP contribution < -0.4 is 10.6 Å². The number of nitrogens with one attached hydrogen (secondary N) is 2. The van der Waals surface area contributed by atoms with E-state index in [2.05, 4.69) is 30.5 Å². The number of likely N-dealkylation sites (tertiary alicyclic amines) is 1. The van der Waals surface area contributed by atoms with Gasteiger partial charge in [-0.3, -0.25) is 0 Å². The number of β-amino-alcohol motifs (C(OH)–C–C–N with tert-alkyl or cyclic N) is 1. The van der Waals surface area contributed by atoms with E-state index in [1.165, 1.54) is 0 Å². The van der Waals surface area contributed by atoms with Gasteiger partial charge in [0.25, 0.3) is 0 Å². The molecule has 1 fully saturated rings. The van der Waals surface area contributed by atoms with E-state index in [-0.39, 0.29) is 6.04 Å². The molecule has 0 unspecified atom stereocenters. The fourth-order valence-electron chi connectivity index (χ4n) is 3.01. The second-order valence-electron chi connectivity index (χ2n) is 5.96. The van der Waals surface area contributed by atoms with E-state index in [1.54, 1.807) is 0 Å². The number of hydrogen-bond donors (Lipinski definition) is 3. The van der Waals surface area contributed by atoms with Crippen molar-refractivity contribution in [1.82, 2.24) is 19.9 Å². The van der Waals surface area contributed by atoms with Gasteiger partial charge in [-0.2, -0.15) is 9.97 Å². The summed E-state index contributed by atoms with van der Waals surface area (Å²) in [5.74, 6) is 1.24. The fourth-order valence-corrected chi connectivity index (χ4v) is 3.01. The lowest BCUT2D eigenvalue weighted by Crippen LogP contribution is -2.32. The standard InChI is InChI=1S/C15H22N6O/c1-8-5-9(2)17-14-12(8)13(16-3)19-15(20-14)18-10-6-21(4)7-11(10)22/h5,10-11,22H,6-7H2,1-4H3,(H2,16,17,18,19,20)/t10-,11+/m0/s1. The Morgan fingerprint density at radius 2 is 2.00 bits per heavy atom. The Balaban J connectivity index is 2.00. The lowest BCUT2D eigenvalue weighted by molar-refractivity contribution is 0.174. The van der Waals surface area contributed by atoms with Crippen molar-refractivity contribution in [3.05, 3.63) is 17.3 Å². The van der Waals surface area contributed by atoms with Crippen LogP contribution >= 0.6 is 0 Å². The molecule has 22 heavy (non-hydrogen) atoms. The Morgan fingerprint density at radius 3 is 2.64 bits per heavy atom. The number of aliphatic hydroxyl groups is 1. The quantitative estimate of drug-likeness (QED) is 0.772. The van der Waals surface area contributed by atoms with Crippen LogP contribution in [0, 0.1) is 13.8 Å². The van der Waals surface area contributed by atoms with Crippen LogP contribution in [0.25, 0.3) is 11.0 Å². The van der Waals surface area contributed by atoms with Crippen molar-refractivity contribution in [2.75, 3.05) is 37.8 Å². The lowest BCUT2D eigenvalue weighted by Gasteiger charge is -2.17. The number of aromatic nitrogens is 3. The highest BCUT2D eigenvalue weighted by Gasteiger charge is 2.29. The van der Waals surface area contributed by atoms with E-state index in [9.17, 15) is 5.11 Å². The zero-order chi connectivity index (χ0) is 15.9. The zero-order valence-electron chi connectivity index (χ0n) is 13.4. The molecule has 0 spiro atoms. The number of hydrogen-bond acceptors (Lipinski definition) is 7. The Labute approximate surface area is 129 Å². The molecule has 1 saturated heterocycles. The molecule has 3 N–H and O–H groups in total. The zero-order valence-corrected chi connectivity index (χ0v) is 13.4. The minimum absolute atomic E-state index is 0.0712. The summed E-state index contributed by atoms with van der Waals surface area (Å²) in [6, 6.07) is 1.95. The van der Waals surface area contributed by atoms with Gasteiger partial charge in [0.05, 0.1) is 17.5 Å². The third kappa shape index (κ3) is 2.69. The van der Waals surface area contributed by atoms with Crippen molar-refractivity contribution >= 4 is 22.8 Å². The van der Waals surface area contributed by atoms with Gasteiger partial charge in [0.1, 0.15) is 5.82 Å². The molecule has 2 aromatic heterocycles. The first kappa shape index (κ1) is 14.9. The first-order valence-electron chi connectivity index (χ1n) is 7.45. The van der Waals surface area contributed by atoms with Crippen molar-refractivity contribution in [3.8, 4) is 0 Å². The lowest BCUT2D eigenvalue weighted by atomic mass is 10.1. The average molecular weight is 302 g/mol. The highest BCUT2D eigenvalue weighted by molar-refractivity contribution is 5.90. The highest BCUT2D eigenvalue weighted by Crippen LogP contribution is 2.25. The molecule has 2 atom stereocenters. The number of aliphatic hydroxyl groups excluding tert-OH is 1. The molecular weight excluding hydrogens is 280 g/mol. The van der Waals surface area contributed by atoms with Crippen molar-refractivity contribution in [2.45, 2.75) is 26.0 Å². The third-order valence-corrected chi connectivity index (χ3v) is 4.01. The molecule has 3 rings (SSSR count). The number of aryl methyl sites for hydroxylation is 2. The minimum atomic E-state index is -0.422. The smallest absolute Gasteiger partial charge is 0.227 e. The largest absolute Gasteiger partial charge is 0.390 e. The third-order valence-electron chi connectivity index (χ3n) is 4.01. The number of rotatable bonds is 3. The normalized spacial score (nSPS) is 22.2. The summed E-state index contributed by atoms with van der Waals surface area (Å²) < 4.78 is 0. The molecular formula is C15H22N6O.